The fraction of sp³-hybridized carbons (Fsp3) is 0.167. The normalized spacial score (nSPS) is 10.8. The van der Waals surface area contributed by atoms with Crippen LogP contribution in [0.25, 0.3) is 6.08 Å². The van der Waals surface area contributed by atoms with Gasteiger partial charge < -0.3 is 9.84 Å². The zero-order valence-electron chi connectivity index (χ0n) is 12.3. The van der Waals surface area contributed by atoms with Crippen LogP contribution >= 0.6 is 15.9 Å². The summed E-state index contributed by atoms with van der Waals surface area (Å²) in [4.78, 5) is 10.6. The number of benzene rings is 2. The van der Waals surface area contributed by atoms with Gasteiger partial charge in [0.1, 0.15) is 12.4 Å². The van der Waals surface area contributed by atoms with Gasteiger partial charge in [-0.3, -0.25) is 0 Å². The van der Waals surface area contributed by atoms with Crippen molar-refractivity contribution in [2.75, 3.05) is 0 Å². The maximum Gasteiger partial charge on any atom is 0.328 e. The molecular weight excluding hydrogens is 344 g/mol. The van der Waals surface area contributed by atoms with Gasteiger partial charge in [-0.15, -0.1) is 0 Å². The van der Waals surface area contributed by atoms with Crippen molar-refractivity contribution in [1.82, 2.24) is 0 Å². The van der Waals surface area contributed by atoms with E-state index in [-0.39, 0.29) is 0 Å². The summed E-state index contributed by atoms with van der Waals surface area (Å²) >= 11 is 3.41. The standard InChI is InChI=1S/C18H17BrO3/c1-2-15-11-13(6-10-18(20)21)5-9-17(15)22-12-14-3-7-16(19)8-4-14/h3-11H,2,12H2,1H3,(H,20,21)/b10-6+. The van der Waals surface area contributed by atoms with Crippen LogP contribution in [0.15, 0.2) is 53.0 Å². The summed E-state index contributed by atoms with van der Waals surface area (Å²) in [6.07, 6.45) is 3.54. The van der Waals surface area contributed by atoms with E-state index in [0.29, 0.717) is 6.61 Å². The first-order chi connectivity index (χ1) is 10.6. The molecule has 114 valence electrons. The maximum absolute atomic E-state index is 10.6. The summed E-state index contributed by atoms with van der Waals surface area (Å²) in [6, 6.07) is 13.7. The Morgan fingerprint density at radius 1 is 1.23 bits per heavy atom. The molecule has 0 fully saturated rings. The molecule has 1 N–H and O–H groups in total. The molecule has 2 aromatic carbocycles. The van der Waals surface area contributed by atoms with E-state index < -0.39 is 5.97 Å². The van der Waals surface area contributed by atoms with Crippen molar-refractivity contribution < 1.29 is 14.6 Å². The van der Waals surface area contributed by atoms with E-state index in [1.165, 1.54) is 0 Å². The predicted octanol–water partition coefficient (Wildman–Crippen LogP) is 4.69. The van der Waals surface area contributed by atoms with Gasteiger partial charge in [-0.05, 0) is 53.5 Å². The molecule has 0 spiro atoms. The fourth-order valence-electron chi connectivity index (χ4n) is 2.03. The van der Waals surface area contributed by atoms with Gasteiger partial charge in [-0.25, -0.2) is 4.79 Å². The Bertz CT molecular complexity index is 675. The van der Waals surface area contributed by atoms with Crippen LogP contribution in [0.4, 0.5) is 0 Å². The maximum atomic E-state index is 10.6. The summed E-state index contributed by atoms with van der Waals surface area (Å²) in [5.41, 5.74) is 3.01. The molecule has 0 bridgehead atoms. The van der Waals surface area contributed by atoms with E-state index in [9.17, 15) is 4.79 Å². The smallest absolute Gasteiger partial charge is 0.328 e. The fourth-order valence-corrected chi connectivity index (χ4v) is 2.29. The lowest BCUT2D eigenvalue weighted by atomic mass is 10.1. The minimum Gasteiger partial charge on any atom is -0.489 e. The highest BCUT2D eigenvalue weighted by Crippen LogP contribution is 2.23. The lowest BCUT2D eigenvalue weighted by Crippen LogP contribution is -1.98. The van der Waals surface area contributed by atoms with Crippen LogP contribution < -0.4 is 4.74 Å². The van der Waals surface area contributed by atoms with Gasteiger partial charge in [0.15, 0.2) is 0 Å². The van der Waals surface area contributed by atoms with Crippen molar-refractivity contribution in [2.24, 2.45) is 0 Å². The predicted molar refractivity (Wildman–Crippen MR) is 91.0 cm³/mol. The van der Waals surface area contributed by atoms with Gasteiger partial charge in [0.25, 0.3) is 0 Å². The van der Waals surface area contributed by atoms with Gasteiger partial charge in [0.2, 0.25) is 0 Å². The van der Waals surface area contributed by atoms with E-state index in [4.69, 9.17) is 9.84 Å². The first-order valence-corrected chi connectivity index (χ1v) is 7.79. The highest BCUT2D eigenvalue weighted by atomic mass is 79.9. The third-order valence-corrected chi connectivity index (χ3v) is 3.72. The van der Waals surface area contributed by atoms with Crippen LogP contribution in [-0.4, -0.2) is 11.1 Å². The van der Waals surface area contributed by atoms with E-state index >= 15 is 0 Å². The molecule has 0 aliphatic heterocycles. The van der Waals surface area contributed by atoms with E-state index in [2.05, 4.69) is 15.9 Å². The second-order valence-electron chi connectivity index (χ2n) is 4.81. The van der Waals surface area contributed by atoms with Crippen LogP contribution in [0.1, 0.15) is 23.6 Å². The average molecular weight is 361 g/mol. The summed E-state index contributed by atoms with van der Waals surface area (Å²) in [6.45, 7) is 2.55. The van der Waals surface area contributed by atoms with Crippen molar-refractivity contribution >= 4 is 28.0 Å². The number of carboxylic acids is 1. The number of aliphatic carboxylic acids is 1. The molecule has 2 rings (SSSR count). The summed E-state index contributed by atoms with van der Waals surface area (Å²) in [5, 5.41) is 8.67. The number of hydrogen-bond acceptors (Lipinski definition) is 2. The molecular formula is C18H17BrO3. The van der Waals surface area contributed by atoms with E-state index in [1.807, 2.05) is 49.4 Å². The molecule has 0 heterocycles. The Labute approximate surface area is 138 Å². The molecule has 4 heteroatoms. The highest BCUT2D eigenvalue weighted by molar-refractivity contribution is 9.10. The molecule has 0 unspecified atom stereocenters. The average Bonchev–Trinajstić information content (AvgIpc) is 2.52. The Morgan fingerprint density at radius 3 is 2.59 bits per heavy atom. The quantitative estimate of drug-likeness (QED) is 0.760. The Kier molecular flexibility index (Phi) is 5.78. The lowest BCUT2D eigenvalue weighted by Gasteiger charge is -2.11. The van der Waals surface area contributed by atoms with Crippen molar-refractivity contribution in [3.63, 3.8) is 0 Å². The van der Waals surface area contributed by atoms with Gasteiger partial charge in [0, 0.05) is 10.5 Å². The number of halogens is 1. The molecule has 0 aromatic heterocycles. The molecule has 0 amide bonds. The van der Waals surface area contributed by atoms with Gasteiger partial charge >= 0.3 is 5.97 Å². The third kappa shape index (κ3) is 4.74. The Morgan fingerprint density at radius 2 is 1.95 bits per heavy atom. The van der Waals surface area contributed by atoms with Crippen molar-refractivity contribution in [3.05, 3.63) is 69.7 Å². The largest absolute Gasteiger partial charge is 0.489 e. The van der Waals surface area contributed by atoms with Gasteiger partial charge in [-0.2, -0.15) is 0 Å². The highest BCUT2D eigenvalue weighted by Gasteiger charge is 2.04. The summed E-state index contributed by atoms with van der Waals surface area (Å²) < 4.78 is 6.92. The third-order valence-electron chi connectivity index (χ3n) is 3.19. The van der Waals surface area contributed by atoms with Gasteiger partial charge in [0.05, 0.1) is 0 Å². The molecule has 0 atom stereocenters. The molecule has 0 saturated heterocycles. The number of hydrogen-bond donors (Lipinski definition) is 1. The number of carboxylic acid groups (broad SMARTS) is 1. The van der Waals surface area contributed by atoms with Crippen molar-refractivity contribution in [2.45, 2.75) is 20.0 Å². The van der Waals surface area contributed by atoms with Crippen LogP contribution in [0, 0.1) is 0 Å². The van der Waals surface area contributed by atoms with Crippen LogP contribution in [0.3, 0.4) is 0 Å². The minimum absolute atomic E-state index is 0.505. The van der Waals surface area contributed by atoms with Crippen LogP contribution in [0.2, 0.25) is 0 Å². The molecule has 0 radical (unpaired) electrons. The van der Waals surface area contributed by atoms with E-state index in [1.54, 1.807) is 6.08 Å². The molecule has 2 aromatic rings. The number of ether oxygens (including phenoxy) is 1. The number of aryl methyl sites for hydroxylation is 1. The second kappa shape index (κ2) is 7.80. The molecule has 0 aliphatic rings. The first-order valence-electron chi connectivity index (χ1n) is 6.99. The minimum atomic E-state index is -0.950. The zero-order chi connectivity index (χ0) is 15.9. The van der Waals surface area contributed by atoms with Crippen molar-refractivity contribution in [3.8, 4) is 5.75 Å². The number of carbonyl (C=O) groups is 1. The summed E-state index contributed by atoms with van der Waals surface area (Å²) in [7, 11) is 0. The van der Waals surface area contributed by atoms with E-state index in [0.717, 1.165) is 39.4 Å². The van der Waals surface area contributed by atoms with Crippen molar-refractivity contribution in [1.29, 1.82) is 0 Å². The first kappa shape index (κ1) is 16.3. The molecule has 22 heavy (non-hydrogen) atoms. The van der Waals surface area contributed by atoms with Gasteiger partial charge in [-0.1, -0.05) is 41.1 Å². The lowest BCUT2D eigenvalue weighted by molar-refractivity contribution is -0.131. The monoisotopic (exact) mass is 360 g/mol. The number of rotatable bonds is 6. The zero-order valence-corrected chi connectivity index (χ0v) is 13.8. The summed E-state index contributed by atoms with van der Waals surface area (Å²) in [5.74, 6) is -0.119. The molecule has 0 aliphatic carbocycles. The second-order valence-corrected chi connectivity index (χ2v) is 5.72. The van der Waals surface area contributed by atoms with Crippen LogP contribution in [-0.2, 0) is 17.8 Å². The Hall–Kier alpha value is -2.07. The molecule has 3 nitrogen and oxygen atoms in total. The van der Waals surface area contributed by atoms with Crippen LogP contribution in [0.5, 0.6) is 5.75 Å². The molecule has 0 saturated carbocycles. The SMILES string of the molecule is CCc1cc(/C=C/C(=O)O)ccc1OCc1ccc(Br)cc1. The topological polar surface area (TPSA) is 46.5 Å². The Balaban J connectivity index is 2.10.